The molecule has 0 spiro atoms. The number of nitrogens with zero attached hydrogens (tertiary/aromatic N) is 3. The minimum atomic E-state index is -0.262. The third-order valence-electron chi connectivity index (χ3n) is 4.68. The van der Waals surface area contributed by atoms with Gasteiger partial charge >= 0.3 is 0 Å². The fourth-order valence-corrected chi connectivity index (χ4v) is 4.51. The Morgan fingerprint density at radius 3 is 2.90 bits per heavy atom. The molecule has 4 aromatic rings. The number of rotatable bonds is 5. The molecule has 0 fully saturated rings. The molecular weight excluding hydrogens is 388 g/mol. The predicted octanol–water partition coefficient (Wildman–Crippen LogP) is 2.95. The van der Waals surface area contributed by atoms with Crippen molar-refractivity contribution in [2.75, 3.05) is 7.11 Å². The molecule has 0 aliphatic carbocycles. The molecule has 0 aliphatic heterocycles. The minimum absolute atomic E-state index is 0.0918. The first-order chi connectivity index (χ1) is 14.0. The predicted molar refractivity (Wildman–Crippen MR) is 113 cm³/mol. The number of pyridine rings is 1. The number of carbonyl (C=O) groups excluding carboxylic acids is 1. The first-order valence-corrected chi connectivity index (χ1v) is 9.93. The zero-order chi connectivity index (χ0) is 20.5. The van der Waals surface area contributed by atoms with Crippen molar-refractivity contribution in [3.8, 4) is 5.75 Å². The molecule has 8 heteroatoms. The zero-order valence-electron chi connectivity index (χ0n) is 16.4. The van der Waals surface area contributed by atoms with Gasteiger partial charge < -0.3 is 10.1 Å². The van der Waals surface area contributed by atoms with Gasteiger partial charge in [0.25, 0.3) is 5.56 Å². The third kappa shape index (κ3) is 3.71. The number of methoxy groups -OCH3 is 1. The second kappa shape index (κ2) is 7.63. The van der Waals surface area contributed by atoms with E-state index in [4.69, 9.17) is 4.74 Å². The van der Waals surface area contributed by atoms with Crippen LogP contribution in [0.4, 0.5) is 0 Å². The molecule has 0 unspecified atom stereocenters. The van der Waals surface area contributed by atoms with Gasteiger partial charge in [0, 0.05) is 17.6 Å². The highest BCUT2D eigenvalue weighted by molar-refractivity contribution is 7.25. The molecule has 1 aromatic carbocycles. The smallest absolute Gasteiger partial charge is 0.271 e. The van der Waals surface area contributed by atoms with Crippen LogP contribution in [0.15, 0.2) is 41.5 Å². The molecule has 1 amide bonds. The van der Waals surface area contributed by atoms with Crippen LogP contribution in [0.5, 0.6) is 5.75 Å². The fraction of sp³-hybridized carbons (Fsp3) is 0.238. The SMILES string of the molecule is COc1cccc(CNC(=O)Cn2cnc3c(sc4nc(C)cc(C)c43)c2=O)c1. The number of ether oxygens (including phenoxy) is 1. The van der Waals surface area contributed by atoms with Crippen molar-refractivity contribution in [1.29, 1.82) is 0 Å². The van der Waals surface area contributed by atoms with Gasteiger partial charge in [0.2, 0.25) is 5.91 Å². The van der Waals surface area contributed by atoms with Gasteiger partial charge in [-0.05, 0) is 43.2 Å². The molecule has 4 rings (SSSR count). The Hall–Kier alpha value is -3.26. The second-order valence-electron chi connectivity index (χ2n) is 6.85. The molecule has 3 aromatic heterocycles. The topological polar surface area (TPSA) is 86.1 Å². The van der Waals surface area contributed by atoms with E-state index in [0.717, 1.165) is 32.8 Å². The molecule has 0 radical (unpaired) electrons. The van der Waals surface area contributed by atoms with Crippen LogP contribution in [0.3, 0.4) is 0 Å². The number of nitrogens with one attached hydrogen (secondary N) is 1. The van der Waals surface area contributed by atoms with Crippen molar-refractivity contribution >= 4 is 37.7 Å². The highest BCUT2D eigenvalue weighted by Crippen LogP contribution is 2.31. The maximum atomic E-state index is 12.9. The Labute approximate surface area is 171 Å². The molecule has 0 bridgehead atoms. The number of hydrogen-bond acceptors (Lipinski definition) is 6. The Balaban J connectivity index is 1.57. The molecule has 148 valence electrons. The van der Waals surface area contributed by atoms with E-state index in [-0.39, 0.29) is 18.0 Å². The summed E-state index contributed by atoms with van der Waals surface area (Å²) < 4.78 is 7.04. The fourth-order valence-electron chi connectivity index (χ4n) is 3.31. The van der Waals surface area contributed by atoms with E-state index < -0.39 is 0 Å². The number of amides is 1. The molecule has 0 saturated heterocycles. The number of aromatic nitrogens is 3. The molecule has 0 atom stereocenters. The molecule has 3 heterocycles. The molecule has 0 aliphatic rings. The number of hydrogen-bond donors (Lipinski definition) is 1. The first-order valence-electron chi connectivity index (χ1n) is 9.12. The molecule has 29 heavy (non-hydrogen) atoms. The summed E-state index contributed by atoms with van der Waals surface area (Å²) in [5.74, 6) is 0.467. The highest BCUT2D eigenvalue weighted by Gasteiger charge is 2.16. The lowest BCUT2D eigenvalue weighted by Crippen LogP contribution is -2.31. The summed E-state index contributed by atoms with van der Waals surface area (Å²) in [7, 11) is 1.60. The maximum Gasteiger partial charge on any atom is 0.271 e. The maximum absolute atomic E-state index is 12.9. The summed E-state index contributed by atoms with van der Waals surface area (Å²) >= 11 is 1.32. The van der Waals surface area contributed by atoms with Gasteiger partial charge in [-0.3, -0.25) is 14.2 Å². The average molecular weight is 408 g/mol. The van der Waals surface area contributed by atoms with E-state index in [1.54, 1.807) is 7.11 Å². The summed E-state index contributed by atoms with van der Waals surface area (Å²) in [4.78, 5) is 35.0. The largest absolute Gasteiger partial charge is 0.497 e. The van der Waals surface area contributed by atoms with E-state index in [0.29, 0.717) is 16.8 Å². The first kappa shape index (κ1) is 19.1. The summed E-state index contributed by atoms with van der Waals surface area (Å²) in [5, 5.41) is 3.73. The van der Waals surface area contributed by atoms with Gasteiger partial charge in [-0.1, -0.05) is 12.1 Å². The second-order valence-corrected chi connectivity index (χ2v) is 7.85. The molecular formula is C21H20N4O3S. The summed E-state index contributed by atoms with van der Waals surface area (Å²) in [5.41, 5.74) is 3.28. The van der Waals surface area contributed by atoms with Crippen molar-refractivity contribution in [2.24, 2.45) is 0 Å². The van der Waals surface area contributed by atoms with Crippen LogP contribution in [0.2, 0.25) is 0 Å². The number of benzene rings is 1. The van der Waals surface area contributed by atoms with Crippen molar-refractivity contribution in [2.45, 2.75) is 26.9 Å². The van der Waals surface area contributed by atoms with Crippen LogP contribution >= 0.6 is 11.3 Å². The normalized spacial score (nSPS) is 11.1. The summed E-state index contributed by atoms with van der Waals surface area (Å²) in [6.07, 6.45) is 1.43. The third-order valence-corrected chi connectivity index (χ3v) is 5.74. The van der Waals surface area contributed by atoms with E-state index in [9.17, 15) is 9.59 Å². The van der Waals surface area contributed by atoms with E-state index >= 15 is 0 Å². The van der Waals surface area contributed by atoms with Gasteiger partial charge in [-0.2, -0.15) is 0 Å². The lowest BCUT2D eigenvalue weighted by Gasteiger charge is -2.08. The Morgan fingerprint density at radius 2 is 2.10 bits per heavy atom. The van der Waals surface area contributed by atoms with Crippen LogP contribution in [0.1, 0.15) is 16.8 Å². The lowest BCUT2D eigenvalue weighted by atomic mass is 10.1. The van der Waals surface area contributed by atoms with Crippen molar-refractivity contribution in [3.63, 3.8) is 0 Å². The van der Waals surface area contributed by atoms with Crippen LogP contribution in [0, 0.1) is 13.8 Å². The zero-order valence-corrected chi connectivity index (χ0v) is 17.2. The Bertz CT molecular complexity index is 1290. The summed E-state index contributed by atoms with van der Waals surface area (Å²) in [6.45, 7) is 4.18. The summed E-state index contributed by atoms with van der Waals surface area (Å²) in [6, 6.07) is 9.44. The van der Waals surface area contributed by atoms with Crippen LogP contribution < -0.4 is 15.6 Å². The minimum Gasteiger partial charge on any atom is -0.497 e. The quantitative estimate of drug-likeness (QED) is 0.549. The van der Waals surface area contributed by atoms with Crippen LogP contribution in [-0.4, -0.2) is 27.6 Å². The Morgan fingerprint density at radius 1 is 1.28 bits per heavy atom. The van der Waals surface area contributed by atoms with E-state index in [1.165, 1.54) is 22.2 Å². The standard InChI is InChI=1S/C21H20N4O3S/c1-12-7-13(2)24-20-17(12)18-19(29-20)21(27)25(11-23-18)10-16(26)22-9-14-5-4-6-15(8-14)28-3/h4-8,11H,9-10H2,1-3H3,(H,22,26). The average Bonchev–Trinajstić information content (AvgIpc) is 3.08. The van der Waals surface area contributed by atoms with Crippen LogP contribution in [-0.2, 0) is 17.9 Å². The van der Waals surface area contributed by atoms with Crippen molar-refractivity contribution in [3.05, 3.63) is 63.8 Å². The van der Waals surface area contributed by atoms with Gasteiger partial charge in [-0.25, -0.2) is 9.97 Å². The van der Waals surface area contributed by atoms with Gasteiger partial charge in [-0.15, -0.1) is 11.3 Å². The van der Waals surface area contributed by atoms with Crippen LogP contribution in [0.25, 0.3) is 20.4 Å². The number of carbonyl (C=O) groups is 1. The Kier molecular flexibility index (Phi) is 5.02. The number of thiophene rings is 1. The lowest BCUT2D eigenvalue weighted by molar-refractivity contribution is -0.121. The molecule has 0 saturated carbocycles. The van der Waals surface area contributed by atoms with Gasteiger partial charge in [0.1, 0.15) is 21.8 Å². The molecule has 1 N–H and O–H groups in total. The van der Waals surface area contributed by atoms with Crippen molar-refractivity contribution < 1.29 is 9.53 Å². The highest BCUT2D eigenvalue weighted by atomic mass is 32.1. The monoisotopic (exact) mass is 408 g/mol. The van der Waals surface area contributed by atoms with E-state index in [1.807, 2.05) is 44.2 Å². The molecule has 7 nitrogen and oxygen atoms in total. The number of aryl methyl sites for hydroxylation is 2. The van der Waals surface area contributed by atoms with Gasteiger partial charge in [0.15, 0.2) is 0 Å². The van der Waals surface area contributed by atoms with E-state index in [2.05, 4.69) is 15.3 Å². The van der Waals surface area contributed by atoms with Crippen molar-refractivity contribution in [1.82, 2.24) is 19.9 Å². The number of fused-ring (bicyclic) bond motifs is 3. The van der Waals surface area contributed by atoms with Gasteiger partial charge in [0.05, 0.1) is 19.0 Å².